The minimum atomic E-state index is -0.173. The van der Waals surface area contributed by atoms with Gasteiger partial charge in [0.1, 0.15) is 5.82 Å². The number of anilines is 1. The first-order valence-electron chi connectivity index (χ1n) is 9.87. The van der Waals surface area contributed by atoms with E-state index in [1.54, 1.807) is 6.07 Å². The second kappa shape index (κ2) is 9.05. The van der Waals surface area contributed by atoms with Gasteiger partial charge in [-0.1, -0.05) is 24.3 Å². The minimum absolute atomic E-state index is 0. The van der Waals surface area contributed by atoms with Gasteiger partial charge in [0.25, 0.3) is 0 Å². The molecule has 1 aliphatic carbocycles. The van der Waals surface area contributed by atoms with Crippen molar-refractivity contribution in [1.82, 2.24) is 9.80 Å². The number of hydrogen-bond donors (Lipinski definition) is 0. The smallest absolute Gasteiger partial charge is 0.233 e. The Morgan fingerprint density at radius 1 is 0.893 bits per heavy atom. The number of carbonyl (C=O) groups is 2. The van der Waals surface area contributed by atoms with E-state index < -0.39 is 0 Å². The number of para-hydroxylation sites is 1. The van der Waals surface area contributed by atoms with E-state index in [1.165, 1.54) is 11.0 Å². The van der Waals surface area contributed by atoms with Gasteiger partial charge in [-0.25, -0.2) is 4.39 Å². The summed E-state index contributed by atoms with van der Waals surface area (Å²) in [5, 5.41) is 0. The molecule has 0 saturated carbocycles. The molecule has 7 heteroatoms. The fourth-order valence-corrected chi connectivity index (χ4v) is 4.46. The molecule has 0 aromatic heterocycles. The van der Waals surface area contributed by atoms with Crippen molar-refractivity contribution < 1.29 is 14.0 Å². The topological polar surface area (TPSA) is 43.9 Å². The highest BCUT2D eigenvalue weighted by Crippen LogP contribution is 2.35. The maximum Gasteiger partial charge on any atom is 0.233 e. The number of likely N-dealkylation sites (tertiary alicyclic amines) is 1. The van der Waals surface area contributed by atoms with E-state index in [-0.39, 0.29) is 41.9 Å². The van der Waals surface area contributed by atoms with E-state index >= 15 is 0 Å². The SMILES string of the molecule is Cl.O=C1C2CC=CCC2C(=O)N1CCCN1CCN(c2ccccc2F)CC1. The number of nitrogens with zero attached hydrogens (tertiary/aromatic N) is 3. The van der Waals surface area contributed by atoms with Crippen LogP contribution >= 0.6 is 12.4 Å². The van der Waals surface area contributed by atoms with Crippen molar-refractivity contribution in [3.8, 4) is 0 Å². The molecular weight excluding hydrogens is 381 g/mol. The highest BCUT2D eigenvalue weighted by molar-refractivity contribution is 6.05. The number of imide groups is 1. The molecule has 152 valence electrons. The van der Waals surface area contributed by atoms with Crippen LogP contribution in [-0.4, -0.2) is 60.9 Å². The third kappa shape index (κ3) is 4.08. The zero-order valence-electron chi connectivity index (χ0n) is 15.9. The van der Waals surface area contributed by atoms with Crippen LogP contribution in [0.4, 0.5) is 10.1 Å². The van der Waals surface area contributed by atoms with Crippen molar-refractivity contribution in [3.63, 3.8) is 0 Å². The fraction of sp³-hybridized carbons (Fsp3) is 0.524. The fourth-order valence-electron chi connectivity index (χ4n) is 4.46. The van der Waals surface area contributed by atoms with Crippen LogP contribution in [0, 0.1) is 17.7 Å². The lowest BCUT2D eigenvalue weighted by Crippen LogP contribution is -2.47. The first kappa shape index (κ1) is 20.8. The van der Waals surface area contributed by atoms with Crippen molar-refractivity contribution in [1.29, 1.82) is 0 Å². The van der Waals surface area contributed by atoms with Crippen molar-refractivity contribution in [2.24, 2.45) is 11.8 Å². The van der Waals surface area contributed by atoms with Gasteiger partial charge in [-0.2, -0.15) is 0 Å². The Bertz CT molecular complexity index is 723. The molecule has 28 heavy (non-hydrogen) atoms. The molecule has 2 fully saturated rings. The van der Waals surface area contributed by atoms with Crippen LogP contribution in [0.25, 0.3) is 0 Å². The number of fused-ring (bicyclic) bond motifs is 1. The summed E-state index contributed by atoms with van der Waals surface area (Å²) in [5.41, 5.74) is 0.668. The molecule has 4 rings (SSSR count). The van der Waals surface area contributed by atoms with Crippen molar-refractivity contribution >= 4 is 29.9 Å². The molecule has 2 heterocycles. The summed E-state index contributed by atoms with van der Waals surface area (Å²) in [4.78, 5) is 30.9. The van der Waals surface area contributed by atoms with Crippen molar-refractivity contribution in [3.05, 3.63) is 42.2 Å². The molecule has 0 N–H and O–H groups in total. The maximum atomic E-state index is 13.9. The van der Waals surface area contributed by atoms with E-state index in [1.807, 2.05) is 24.3 Å². The molecule has 5 nitrogen and oxygen atoms in total. The van der Waals surface area contributed by atoms with Gasteiger partial charge in [0, 0.05) is 32.7 Å². The van der Waals surface area contributed by atoms with Gasteiger partial charge < -0.3 is 4.90 Å². The third-order valence-electron chi connectivity index (χ3n) is 6.02. The Hall–Kier alpha value is -1.92. The monoisotopic (exact) mass is 407 g/mol. The normalized spacial score (nSPS) is 25.0. The summed E-state index contributed by atoms with van der Waals surface area (Å²) >= 11 is 0. The lowest BCUT2D eigenvalue weighted by Gasteiger charge is -2.36. The lowest BCUT2D eigenvalue weighted by molar-refractivity contribution is -0.140. The van der Waals surface area contributed by atoms with E-state index in [0.717, 1.165) is 39.1 Å². The first-order valence-corrected chi connectivity index (χ1v) is 9.87. The van der Waals surface area contributed by atoms with Gasteiger partial charge in [-0.3, -0.25) is 19.4 Å². The predicted octanol–water partition coefficient (Wildman–Crippen LogP) is 2.71. The molecule has 2 saturated heterocycles. The summed E-state index contributed by atoms with van der Waals surface area (Å²) in [7, 11) is 0. The number of benzene rings is 1. The van der Waals surface area contributed by atoms with Crippen LogP contribution in [0.3, 0.4) is 0 Å². The second-order valence-corrected chi connectivity index (χ2v) is 7.62. The van der Waals surface area contributed by atoms with Crippen molar-refractivity contribution in [2.45, 2.75) is 19.3 Å². The van der Waals surface area contributed by atoms with Gasteiger partial charge in [-0.15, -0.1) is 12.4 Å². The Kier molecular flexibility index (Phi) is 6.73. The second-order valence-electron chi connectivity index (χ2n) is 7.62. The first-order chi connectivity index (χ1) is 13.1. The van der Waals surface area contributed by atoms with Crippen LogP contribution in [0.15, 0.2) is 36.4 Å². The molecule has 2 amide bonds. The largest absolute Gasteiger partial charge is 0.367 e. The number of carbonyl (C=O) groups excluding carboxylic acids is 2. The number of allylic oxidation sites excluding steroid dienone is 2. The number of piperazine rings is 1. The Labute approximate surface area is 171 Å². The van der Waals surface area contributed by atoms with Gasteiger partial charge >= 0.3 is 0 Å². The molecular formula is C21H27ClFN3O2. The van der Waals surface area contributed by atoms with Gasteiger partial charge in [0.15, 0.2) is 0 Å². The van der Waals surface area contributed by atoms with Gasteiger partial charge in [-0.05, 0) is 37.9 Å². The summed E-state index contributed by atoms with van der Waals surface area (Å²) < 4.78 is 13.9. The third-order valence-corrected chi connectivity index (χ3v) is 6.02. The summed E-state index contributed by atoms with van der Waals surface area (Å²) in [5.74, 6) is -0.413. The predicted molar refractivity (Wildman–Crippen MR) is 109 cm³/mol. The summed E-state index contributed by atoms with van der Waals surface area (Å²) in [6.07, 6.45) is 6.23. The molecule has 2 atom stereocenters. The van der Waals surface area contributed by atoms with E-state index in [4.69, 9.17) is 0 Å². The quantitative estimate of drug-likeness (QED) is 0.556. The Balaban J connectivity index is 0.00000225. The molecule has 0 radical (unpaired) electrons. The van der Waals surface area contributed by atoms with Crippen LogP contribution in [0.2, 0.25) is 0 Å². The minimum Gasteiger partial charge on any atom is -0.367 e. The van der Waals surface area contributed by atoms with Crippen molar-refractivity contribution in [2.75, 3.05) is 44.2 Å². The Morgan fingerprint density at radius 3 is 2.11 bits per heavy atom. The zero-order valence-corrected chi connectivity index (χ0v) is 16.7. The highest BCUT2D eigenvalue weighted by atomic mass is 35.5. The number of hydrogen-bond acceptors (Lipinski definition) is 4. The average molecular weight is 408 g/mol. The van der Waals surface area contributed by atoms with E-state index in [0.29, 0.717) is 25.1 Å². The van der Waals surface area contributed by atoms with Gasteiger partial charge in [0.05, 0.1) is 17.5 Å². The van der Waals surface area contributed by atoms with E-state index in [9.17, 15) is 14.0 Å². The highest BCUT2D eigenvalue weighted by Gasteiger charge is 2.46. The molecule has 2 unspecified atom stereocenters. The molecule has 1 aromatic rings. The maximum absolute atomic E-state index is 13.9. The zero-order chi connectivity index (χ0) is 18.8. The molecule has 1 aromatic carbocycles. The molecule has 0 bridgehead atoms. The van der Waals surface area contributed by atoms with Gasteiger partial charge in [0.2, 0.25) is 11.8 Å². The van der Waals surface area contributed by atoms with Crippen LogP contribution in [0.5, 0.6) is 0 Å². The van der Waals surface area contributed by atoms with E-state index in [2.05, 4.69) is 9.80 Å². The average Bonchev–Trinajstić information content (AvgIpc) is 2.94. The molecule has 0 spiro atoms. The Morgan fingerprint density at radius 2 is 1.50 bits per heavy atom. The number of halogens is 2. The van der Waals surface area contributed by atoms with Crippen LogP contribution in [0.1, 0.15) is 19.3 Å². The van der Waals surface area contributed by atoms with Crippen LogP contribution in [-0.2, 0) is 9.59 Å². The number of amides is 2. The number of rotatable bonds is 5. The lowest BCUT2D eigenvalue weighted by atomic mass is 9.85. The molecule has 2 aliphatic heterocycles. The summed E-state index contributed by atoms with van der Waals surface area (Å²) in [6, 6.07) is 6.90. The standard InChI is InChI=1S/C21H26FN3O2.ClH/c22-18-8-3-4-9-19(18)24-14-12-23(13-15-24)10-5-11-25-20(26)16-6-1-2-7-17(16)21(25)27;/h1-4,8-9,16-17H,5-7,10-15H2;1H. The molecule has 3 aliphatic rings. The summed E-state index contributed by atoms with van der Waals surface area (Å²) in [6.45, 7) is 4.68. The van der Waals surface area contributed by atoms with Crippen LogP contribution < -0.4 is 4.90 Å².